The molecule has 8 rings (SSSR count). The Kier molecular flexibility index (Phi) is 10.0. The van der Waals surface area contributed by atoms with Crippen molar-refractivity contribution in [2.24, 2.45) is 46.3 Å². The Hall–Kier alpha value is -0.780. The third-order valence-electron chi connectivity index (χ3n) is 15.6. The van der Waals surface area contributed by atoms with Crippen LogP contribution in [0.1, 0.15) is 86.0 Å². The number of hydrogen-bond acceptors (Lipinski definition) is 13. The Labute approximate surface area is 306 Å². The van der Waals surface area contributed by atoms with Gasteiger partial charge in [-0.25, -0.2) is 0 Å². The number of fused-ring (bicyclic) bond motifs is 7. The lowest BCUT2D eigenvalue weighted by molar-refractivity contribution is -0.374. The molecule has 0 unspecified atom stereocenters. The van der Waals surface area contributed by atoms with Gasteiger partial charge in [0.2, 0.25) is 0 Å². The summed E-state index contributed by atoms with van der Waals surface area (Å²) in [5, 5.41) is 74.9. The van der Waals surface area contributed by atoms with Crippen LogP contribution in [0.2, 0.25) is 0 Å². The van der Waals surface area contributed by atoms with Crippen LogP contribution in [0.15, 0.2) is 11.6 Å². The molecule has 7 N–H and O–H groups in total. The number of rotatable bonds is 5. The third kappa shape index (κ3) is 5.74. The summed E-state index contributed by atoms with van der Waals surface area (Å²) < 4.78 is 38.2. The van der Waals surface area contributed by atoms with Crippen LogP contribution in [0, 0.1) is 46.3 Å². The van der Waals surface area contributed by atoms with E-state index in [-0.39, 0.29) is 17.4 Å². The highest BCUT2D eigenvalue weighted by Crippen LogP contribution is 2.71. The Balaban J connectivity index is 1.06. The van der Waals surface area contributed by atoms with E-state index in [0.717, 1.165) is 50.7 Å². The highest BCUT2D eigenvalue weighted by atomic mass is 16.8. The Morgan fingerprint density at radius 3 is 2.31 bits per heavy atom. The van der Waals surface area contributed by atoms with Crippen molar-refractivity contribution in [3.63, 3.8) is 0 Å². The Morgan fingerprint density at radius 2 is 1.60 bits per heavy atom. The van der Waals surface area contributed by atoms with Crippen LogP contribution < -0.4 is 0 Å². The molecule has 8 aliphatic rings. The van der Waals surface area contributed by atoms with Crippen molar-refractivity contribution in [1.29, 1.82) is 0 Å². The predicted octanol–water partition coefficient (Wildman–Crippen LogP) is 1.36. The molecule has 4 aliphatic carbocycles. The third-order valence-corrected chi connectivity index (χ3v) is 15.6. The molecule has 0 radical (unpaired) electrons. The van der Waals surface area contributed by atoms with Crippen LogP contribution in [0.4, 0.5) is 0 Å². The van der Waals surface area contributed by atoms with E-state index in [1.165, 1.54) is 6.92 Å². The second-order valence-electron chi connectivity index (χ2n) is 18.3. The van der Waals surface area contributed by atoms with Gasteiger partial charge in [-0.3, -0.25) is 0 Å². The summed E-state index contributed by atoms with van der Waals surface area (Å²) >= 11 is 0. The molecule has 1 spiro atoms. The summed E-state index contributed by atoms with van der Waals surface area (Å²) in [4.78, 5) is 0. The van der Waals surface area contributed by atoms with Crippen LogP contribution in [0.5, 0.6) is 0 Å². The van der Waals surface area contributed by atoms with Gasteiger partial charge in [0.15, 0.2) is 18.4 Å². The first-order valence-electron chi connectivity index (χ1n) is 19.9. The summed E-state index contributed by atoms with van der Waals surface area (Å²) in [6.07, 6.45) is -5.95. The summed E-state index contributed by atoms with van der Waals surface area (Å²) in [6, 6.07) is 0. The fraction of sp³-hybridized carbons (Fsp3) is 0.949. The van der Waals surface area contributed by atoms with Crippen molar-refractivity contribution < 1.29 is 64.2 Å². The molecule has 13 heteroatoms. The van der Waals surface area contributed by atoms with Crippen molar-refractivity contribution in [2.75, 3.05) is 13.2 Å². The number of hydrogen-bond donors (Lipinski definition) is 7. The van der Waals surface area contributed by atoms with E-state index in [9.17, 15) is 35.7 Å². The van der Waals surface area contributed by atoms with E-state index < -0.39 is 91.4 Å². The molecule has 22 atom stereocenters. The molecular formula is C39H62O13. The van der Waals surface area contributed by atoms with Crippen LogP contribution in [0.25, 0.3) is 0 Å². The van der Waals surface area contributed by atoms with Crippen LogP contribution >= 0.6 is 0 Å². The summed E-state index contributed by atoms with van der Waals surface area (Å²) in [5.74, 6) is 1.86. The van der Waals surface area contributed by atoms with Crippen LogP contribution in [-0.2, 0) is 28.4 Å². The fourth-order valence-electron chi connectivity index (χ4n) is 12.6. The number of aliphatic hydroxyl groups is 7. The summed E-state index contributed by atoms with van der Waals surface area (Å²) in [7, 11) is 0. The van der Waals surface area contributed by atoms with Gasteiger partial charge in [-0.15, -0.1) is 0 Å². The molecule has 4 aliphatic heterocycles. The van der Waals surface area contributed by atoms with Gasteiger partial charge in [0.1, 0.15) is 42.7 Å². The maximum absolute atomic E-state index is 11.3. The van der Waals surface area contributed by atoms with Crippen LogP contribution in [0.3, 0.4) is 0 Å². The minimum absolute atomic E-state index is 0.101. The fourth-order valence-corrected chi connectivity index (χ4v) is 12.6. The molecule has 7 fully saturated rings. The van der Waals surface area contributed by atoms with E-state index in [0.29, 0.717) is 42.4 Å². The van der Waals surface area contributed by atoms with Crippen molar-refractivity contribution in [1.82, 2.24) is 0 Å². The van der Waals surface area contributed by atoms with E-state index in [1.807, 2.05) is 0 Å². The first-order valence-corrected chi connectivity index (χ1v) is 19.9. The zero-order chi connectivity index (χ0) is 37.1. The molecule has 0 aromatic heterocycles. The summed E-state index contributed by atoms with van der Waals surface area (Å²) in [6.45, 7) is 11.0. The Bertz CT molecular complexity index is 1340. The lowest BCUT2D eigenvalue weighted by Gasteiger charge is -2.60. The highest BCUT2D eigenvalue weighted by Gasteiger charge is 2.69. The molecule has 13 nitrogen and oxygen atoms in total. The monoisotopic (exact) mass is 738 g/mol. The maximum Gasteiger partial charge on any atom is 0.187 e. The minimum atomic E-state index is -1.66. The van der Waals surface area contributed by atoms with E-state index >= 15 is 0 Å². The van der Waals surface area contributed by atoms with Crippen molar-refractivity contribution in [2.45, 2.75) is 171 Å². The standard InChI is InChI=1S/C39H62O13/c1-17-8-11-39(47-16-17)18(2)28-25(52-39)14-24-22-7-6-20-12-21(41)13-27(38(20,5)23(22)9-10-37(24,28)4)50-36-34(32(45)30(43)26(15-40)49-36)51-35-33(46)31(44)29(42)19(3)48-35/h6,17-19,21-36,40-46H,7-16H2,1-5H3/t17-,18-,19-,21+,22-,23-,24-,25-,26-,27+,28-,29-,30-,31-,32+,33-,34+,35-,36+,37-,38-,39+/m0/s1. The van der Waals surface area contributed by atoms with E-state index in [2.05, 4.69) is 33.8 Å². The van der Waals surface area contributed by atoms with Crippen LogP contribution in [-0.4, -0.2) is 134 Å². The van der Waals surface area contributed by atoms with Gasteiger partial charge < -0.3 is 64.2 Å². The normalized spacial score (nSPS) is 58.9. The minimum Gasteiger partial charge on any atom is -0.394 e. The van der Waals surface area contributed by atoms with Gasteiger partial charge in [-0.2, -0.15) is 0 Å². The predicted molar refractivity (Wildman–Crippen MR) is 183 cm³/mol. The highest BCUT2D eigenvalue weighted by molar-refractivity contribution is 5.29. The second kappa shape index (κ2) is 13.7. The lowest BCUT2D eigenvalue weighted by Crippen LogP contribution is -2.65. The Morgan fingerprint density at radius 1 is 0.827 bits per heavy atom. The molecule has 4 saturated heterocycles. The smallest absolute Gasteiger partial charge is 0.187 e. The van der Waals surface area contributed by atoms with Gasteiger partial charge in [0.25, 0.3) is 0 Å². The zero-order valence-corrected chi connectivity index (χ0v) is 31.2. The summed E-state index contributed by atoms with van der Waals surface area (Å²) in [5.41, 5.74) is 0.762. The van der Waals surface area contributed by atoms with Gasteiger partial charge in [0, 0.05) is 24.2 Å². The molecule has 4 heterocycles. The van der Waals surface area contributed by atoms with Crippen molar-refractivity contribution in [3.05, 3.63) is 11.6 Å². The largest absolute Gasteiger partial charge is 0.394 e. The van der Waals surface area contributed by atoms with Crippen molar-refractivity contribution >= 4 is 0 Å². The lowest BCUT2D eigenvalue weighted by atomic mass is 9.46. The van der Waals surface area contributed by atoms with E-state index in [4.69, 9.17) is 28.4 Å². The average molecular weight is 739 g/mol. The zero-order valence-electron chi connectivity index (χ0n) is 31.2. The average Bonchev–Trinajstić information content (AvgIpc) is 3.56. The SMILES string of the molecule is C[C@H]1CC[C@@]2(OC1)O[C@H]1C[C@H]3[C@H]4CC=C5C[C@@H](O)C[C@@H](O[C@H]6O[C@@H](CO)[C@H](O)[C@@H](O)[C@H]6O[C@@H]6O[C@@H](C)[C@H](O)[C@H](O)[C@@H]6O)[C@]5(C)[C@H]4CC[C@]3(C)[C@H]1[C@@H]2C. The maximum atomic E-state index is 11.3. The number of allylic oxidation sites excluding steroid dienone is 1. The first kappa shape index (κ1) is 38.1. The molecule has 0 amide bonds. The molecule has 52 heavy (non-hydrogen) atoms. The van der Waals surface area contributed by atoms with E-state index in [1.54, 1.807) is 0 Å². The molecule has 3 saturated carbocycles. The molecule has 0 bridgehead atoms. The molecule has 296 valence electrons. The van der Waals surface area contributed by atoms with Gasteiger partial charge >= 0.3 is 0 Å². The topological polar surface area (TPSA) is 197 Å². The van der Waals surface area contributed by atoms with Gasteiger partial charge in [0.05, 0.1) is 37.6 Å². The van der Waals surface area contributed by atoms with Gasteiger partial charge in [-0.1, -0.05) is 39.3 Å². The van der Waals surface area contributed by atoms with Gasteiger partial charge in [-0.05, 0) is 80.5 Å². The second-order valence-corrected chi connectivity index (χ2v) is 18.3. The quantitative estimate of drug-likeness (QED) is 0.200. The molecular weight excluding hydrogens is 676 g/mol. The van der Waals surface area contributed by atoms with Crippen molar-refractivity contribution in [3.8, 4) is 0 Å². The number of ether oxygens (including phenoxy) is 6. The molecule has 0 aromatic rings. The molecule has 0 aromatic carbocycles. The first-order chi connectivity index (χ1) is 24.6. The number of aliphatic hydroxyl groups excluding tert-OH is 7.